The van der Waals surface area contributed by atoms with E-state index >= 15 is 0 Å². The van der Waals surface area contributed by atoms with Crippen LogP contribution in [0.2, 0.25) is 0 Å². The van der Waals surface area contributed by atoms with Gasteiger partial charge in [0.25, 0.3) is 23.9 Å². The number of ether oxygens (including phenoxy) is 10. The third kappa shape index (κ3) is 45.4. The number of carbonyl (C=O) groups is 4. The summed E-state index contributed by atoms with van der Waals surface area (Å²) in [4.78, 5) is 43.1. The van der Waals surface area contributed by atoms with Gasteiger partial charge in [0, 0.05) is 189 Å². The van der Waals surface area contributed by atoms with E-state index in [0.29, 0.717) is 43.6 Å². The Balaban J connectivity index is -0.00000149. The van der Waals surface area contributed by atoms with E-state index in [1.54, 1.807) is 110 Å². The normalized spacial score (nSPS) is 38.6. The maximum Gasteiger partial charge on any atom is 0.459 e. The number of hydrogen-bond acceptors (Lipinski definition) is 28. The van der Waals surface area contributed by atoms with Gasteiger partial charge in [-0.1, -0.05) is 197 Å². The summed E-state index contributed by atoms with van der Waals surface area (Å²) in [5.41, 5.74) is 0. The Hall–Kier alpha value is 3.81. The van der Waals surface area contributed by atoms with E-state index in [9.17, 15) is 85.7 Å². The zero-order valence-corrected chi connectivity index (χ0v) is 114. The molecule has 30 nitrogen and oxygen atoms in total. The van der Waals surface area contributed by atoms with E-state index in [2.05, 4.69) is 167 Å². The maximum atomic E-state index is 14.0. The molecule has 0 amide bonds. The van der Waals surface area contributed by atoms with Gasteiger partial charge in [-0.3, -0.25) is 22.1 Å². The number of hydrogen-bond donors (Lipinski definition) is 8. The summed E-state index contributed by atoms with van der Waals surface area (Å²) >= 11 is 30.3. The Morgan fingerprint density at radius 2 is 0.757 bits per heavy atom. The molecule has 12 rings (SSSR count). The first kappa shape index (κ1) is 148. The summed E-state index contributed by atoms with van der Waals surface area (Å²) in [5.74, 6) is -4.54. The second kappa shape index (κ2) is 65.9. The molecule has 34 atom stereocenters. The topological polar surface area (TPSA) is 411 Å². The Kier molecular flexibility index (Phi) is 69.6. The van der Waals surface area contributed by atoms with Crippen molar-refractivity contribution in [3.8, 4) is 11.5 Å². The molecular formula is C83H124Br9ClF10N2O28P2SU4-4. The second-order valence-corrected chi connectivity index (χ2v) is 49.7. The summed E-state index contributed by atoms with van der Waals surface area (Å²) in [7, 11) is -7.44. The van der Waals surface area contributed by atoms with Gasteiger partial charge in [-0.25, -0.2) is 69.0 Å². The molecule has 810 valence electrons. The minimum absolute atomic E-state index is 0. The van der Waals surface area contributed by atoms with Crippen molar-refractivity contribution in [1.82, 2.24) is 10.2 Å². The monoisotopic (exact) mass is 3580 g/mol. The molecule has 0 radical (unpaired) electrons. The molecule has 2 aromatic rings. The number of halogens is 20. The van der Waals surface area contributed by atoms with Gasteiger partial charge in [-0.2, -0.15) is 34.8 Å². The Bertz CT molecular complexity index is 4030. The third-order valence-corrected chi connectivity index (χ3v) is 34.0. The van der Waals surface area contributed by atoms with Gasteiger partial charge in [0.1, 0.15) is 35.9 Å². The van der Waals surface area contributed by atoms with Crippen molar-refractivity contribution in [3.63, 3.8) is 0 Å². The number of cyclic esters (lactones) is 4. The van der Waals surface area contributed by atoms with Crippen LogP contribution in [0.3, 0.4) is 0 Å². The van der Waals surface area contributed by atoms with Crippen LogP contribution in [0.25, 0.3) is 0 Å². The summed E-state index contributed by atoms with van der Waals surface area (Å²) in [5, 5.41) is 59.2. The van der Waals surface area contributed by atoms with Gasteiger partial charge in [0.2, 0.25) is 21.6 Å². The van der Waals surface area contributed by atoms with Crippen molar-refractivity contribution in [3.05, 3.63) is 87.1 Å². The van der Waals surface area contributed by atoms with Gasteiger partial charge < -0.3 is 87.1 Å². The standard InChI is InChI=1S/C14H19BrFNO5P.C9H13ClNO2P.C8H14BrFO4S.C7H12BrFO2.3C7H10BrFO2.C7H11BrFO.C7H11FO2.2C5H7BrFO3.4U/c1-10(2)17-23(19,22-11-6-4-3-5-7-11)21-8-12-13(18)14(15,16)9-20-12;1-8(2)11-14(10,12)13-9-6-4-3-5-7-9;1-4-6-5(2)8(9,10)7(13-6)14-15(3,11)12;4*1-3-5-4(2)7(8,9)6(10)11-5;1-3-6-5(2)7(8,9)4-10-6;1-3-5-4(2)6(8)7(9)10-5;2*6-5(7)2-10-3(1-8)4(5)9;;;;/h3-7,9-10,12-13,18H,8H2,1-2H3,(H,17,19);3-8H,1-2H3,(H,11,12);5-7H,4H2,1-3H3;4-6,10H,3H2,1-2H3;3*4-5H,3H2,1-2H3;2*4-6H,3H2,1-2H3;2*2-4,8-9H,1H2;;;;/q-1;;;;;;;-1;;2*-1;;;;/t12-,13-,14+,23?;;5-,6-,7?,8-;4-,5-,6?,7-;4-,5-,7+;2*4-,5-,7-;5-,6-,7+;4-,5-,6+;2*3-,4-,5+;;;;/m1.111111111..../s1. The van der Waals surface area contributed by atoms with Crippen molar-refractivity contribution in [2.75, 3.05) is 26.1 Å². The molecule has 0 spiro atoms. The van der Waals surface area contributed by atoms with Crippen LogP contribution in [0.15, 0.2) is 60.7 Å². The van der Waals surface area contributed by atoms with Crippen LogP contribution >= 0.6 is 169 Å². The zero-order valence-electron chi connectivity index (χ0n) is 79.6. The molecule has 10 heterocycles. The molecule has 10 fully saturated rings. The van der Waals surface area contributed by atoms with Crippen molar-refractivity contribution in [2.45, 2.75) is 321 Å². The number of para-hydroxylation sites is 2. The molecule has 140 heavy (non-hydrogen) atoms. The van der Waals surface area contributed by atoms with Crippen molar-refractivity contribution in [2.24, 2.45) is 41.4 Å². The molecule has 57 heteroatoms. The van der Waals surface area contributed by atoms with E-state index in [4.69, 9.17) is 88.2 Å². The summed E-state index contributed by atoms with van der Waals surface area (Å²) in [6, 6.07) is 17.2. The number of benzene rings is 2. The number of aliphatic hydroxyl groups is 6. The molecule has 10 aliphatic heterocycles. The summed E-state index contributed by atoms with van der Waals surface area (Å²) < 4.78 is 230. The van der Waals surface area contributed by atoms with Crippen LogP contribution in [0.5, 0.6) is 11.5 Å². The molecule has 0 aliphatic carbocycles. The predicted molar refractivity (Wildman–Crippen MR) is 518 cm³/mol. The molecule has 4 unspecified atom stereocenters. The van der Waals surface area contributed by atoms with Gasteiger partial charge in [0.05, 0.1) is 93.2 Å². The van der Waals surface area contributed by atoms with Crippen LogP contribution in [0, 0.1) is 192 Å². The number of nitrogens with one attached hydrogen (secondary N) is 2. The molecule has 0 bridgehead atoms. The Morgan fingerprint density at radius 3 is 0.971 bits per heavy atom. The van der Waals surface area contributed by atoms with Gasteiger partial charge in [0.15, 0.2) is 6.29 Å². The van der Waals surface area contributed by atoms with Crippen molar-refractivity contribution < 1.29 is 301 Å². The van der Waals surface area contributed by atoms with Crippen molar-refractivity contribution >= 4 is 203 Å². The fraction of sp³-hybridized carbons (Fsp3) is 0.759. The first-order valence-corrected chi connectivity index (χ1v) is 55.9. The molecule has 10 aliphatic rings. The second-order valence-electron chi connectivity index (χ2n) is 32.9. The van der Waals surface area contributed by atoms with Gasteiger partial charge >= 0.3 is 38.5 Å². The average Bonchev–Trinajstić information content (AvgIpc) is 1.59. The molecule has 0 aromatic heterocycles. The predicted octanol–water partition coefficient (Wildman–Crippen LogP) is 20.1. The van der Waals surface area contributed by atoms with Crippen LogP contribution in [-0.4, -0.2) is 240 Å². The van der Waals surface area contributed by atoms with Crippen LogP contribution < -0.4 is 19.2 Å². The quantitative estimate of drug-likeness (QED) is 0.0103. The van der Waals surface area contributed by atoms with Crippen LogP contribution in [0.4, 0.5) is 43.9 Å². The number of rotatable bonds is 22. The molecular weight excluding hydrogens is 3460 g/mol. The SMILES string of the molecule is CC(C)NP(=O)(Cl)Oc1ccccc1.CC(C)NP(=O)(OC[C@H]1O[CH-][C@@](F)(Br)[C@@H]1O)Oc1ccccc1.CC[C@H]1OC(=O)[C@@H](F)[C@@H]1C.CC[C@H]1OC(=O)[C@@](F)(Br)[C@@H]1C.CC[C@H]1OC(=O)[C@@](F)(Br)[C@@H]1C.CC[C@H]1OC(=O)[C@](F)(Br)[C@@H]1C.CC[C@H]1OC(O)[C@@](F)(Br)[C@@H]1C.CC[C@H]1OC(OS(C)(=O)=O)[C@@](F)(Br)[C@@H]1C.CC[C@H]1O[CH-][C@@](F)(Br)[C@@H]1C.OC[C@H]1O[CH-][C@@](F)(Br)[C@@H]1O.OC[C@H]1O[CH-][C@@](F)(Br)[C@@H]1O.[U].[U].[U].[U]. The van der Waals surface area contributed by atoms with E-state index in [1.165, 1.54) is 6.61 Å². The molecule has 8 N–H and O–H groups in total. The van der Waals surface area contributed by atoms with Gasteiger partial charge in [-0.15, -0.1) is 0 Å². The fourth-order valence-corrected chi connectivity index (χ4v) is 20.6. The van der Waals surface area contributed by atoms with Crippen LogP contribution in [0.1, 0.15) is 170 Å². The Labute approximate surface area is 988 Å². The first-order chi connectivity index (χ1) is 62.3. The number of carbonyl (C=O) groups excluding carboxylic acids is 4. The minimum atomic E-state index is -3.73. The zero-order chi connectivity index (χ0) is 105. The van der Waals surface area contributed by atoms with E-state index in [-0.39, 0.29) is 204 Å². The van der Waals surface area contributed by atoms with E-state index < -0.39 is 182 Å². The minimum Gasteiger partial charge on any atom is -0.546 e. The third-order valence-electron chi connectivity index (χ3n) is 21.7. The van der Waals surface area contributed by atoms with Crippen molar-refractivity contribution in [1.29, 1.82) is 0 Å². The maximum absolute atomic E-state index is 14.0. The fourth-order valence-electron chi connectivity index (χ4n) is 12.9. The summed E-state index contributed by atoms with van der Waals surface area (Å²) in [6.45, 7) is 31.8. The smallest absolute Gasteiger partial charge is 0.459 e. The molecule has 10 saturated heterocycles. The van der Waals surface area contributed by atoms with Gasteiger partial charge in [-0.05, 0) is 182 Å². The van der Waals surface area contributed by atoms with E-state index in [0.717, 1.165) is 38.9 Å². The number of alkyl halides is 19. The largest absolute Gasteiger partial charge is 0.546 e. The number of esters is 4. The van der Waals surface area contributed by atoms with Crippen LogP contribution in [-0.2, 0) is 94.5 Å². The van der Waals surface area contributed by atoms with E-state index in [1.807, 2.05) is 75.3 Å². The first-order valence-electron chi connectivity index (χ1n) is 42.9. The number of aliphatic hydroxyl groups excluding tert-OH is 6. The molecule has 0 saturated carbocycles. The summed E-state index contributed by atoms with van der Waals surface area (Å²) in [6.07, 6.45) is -6.86. The molecule has 2 aromatic carbocycles. The average molecular weight is 3590 g/mol. The Morgan fingerprint density at radius 1 is 0.443 bits per heavy atom.